The average molecular weight is 491 g/mol. The molecule has 184 valence electrons. The fourth-order valence-electron chi connectivity index (χ4n) is 7.03. The first kappa shape index (κ1) is 24.0. The number of allylic oxidation sites excluding steroid dienone is 2. The highest BCUT2D eigenvalue weighted by atomic mass is 35.5. The summed E-state index contributed by atoms with van der Waals surface area (Å²) in [5, 5.41) is 10.2. The number of carbonyl (C=O) groups is 1. The standard InChI is InChI=1S/C27H32ClFO5/c1-15-4-9-22-26(2,18(15)7-6-17-21(30)13-32-24(17)31)11-10-23-27(22,3)14-33-25(34-23)16-5-8-20(29)19(28)12-16/h5-6,8,12,18,21-23,25,30H,1,4,7,9-11,13-14H2,2-3H3/b17-6+. The third kappa shape index (κ3) is 3.83. The molecule has 5 rings (SSSR count). The molecule has 7 unspecified atom stereocenters. The molecular weight excluding hydrogens is 459 g/mol. The van der Waals surface area contributed by atoms with Gasteiger partial charge >= 0.3 is 5.97 Å². The summed E-state index contributed by atoms with van der Waals surface area (Å²) < 4.78 is 31.3. The van der Waals surface area contributed by atoms with Crippen LogP contribution in [0.3, 0.4) is 0 Å². The van der Waals surface area contributed by atoms with Crippen molar-refractivity contribution in [3.63, 3.8) is 0 Å². The molecule has 1 aromatic rings. The second-order valence-electron chi connectivity index (χ2n) is 10.8. The van der Waals surface area contributed by atoms with Crippen molar-refractivity contribution in [2.24, 2.45) is 22.7 Å². The van der Waals surface area contributed by atoms with Crippen LogP contribution in [-0.2, 0) is 19.0 Å². The normalized spacial score (nSPS) is 41.2. The summed E-state index contributed by atoms with van der Waals surface area (Å²) in [5.41, 5.74) is 2.10. The molecule has 2 heterocycles. The van der Waals surface area contributed by atoms with E-state index in [1.54, 1.807) is 12.1 Å². The number of esters is 1. The van der Waals surface area contributed by atoms with E-state index in [0.29, 0.717) is 24.5 Å². The molecule has 2 aliphatic carbocycles. The van der Waals surface area contributed by atoms with E-state index in [1.165, 1.54) is 11.6 Å². The van der Waals surface area contributed by atoms with Gasteiger partial charge in [-0.25, -0.2) is 9.18 Å². The maximum Gasteiger partial charge on any atom is 0.336 e. The van der Waals surface area contributed by atoms with Crippen LogP contribution in [0.5, 0.6) is 0 Å². The predicted molar refractivity (Wildman–Crippen MR) is 125 cm³/mol. The van der Waals surface area contributed by atoms with E-state index in [9.17, 15) is 14.3 Å². The Morgan fingerprint density at radius 3 is 2.79 bits per heavy atom. The number of benzene rings is 1. The second kappa shape index (κ2) is 8.74. The number of hydrogen-bond donors (Lipinski definition) is 1. The average Bonchev–Trinajstić information content (AvgIpc) is 3.12. The summed E-state index contributed by atoms with van der Waals surface area (Å²) >= 11 is 5.99. The first-order valence-electron chi connectivity index (χ1n) is 12.1. The number of hydrogen-bond acceptors (Lipinski definition) is 5. The molecule has 0 spiro atoms. The Labute approximate surface area is 204 Å². The van der Waals surface area contributed by atoms with Crippen molar-refractivity contribution in [2.45, 2.75) is 64.4 Å². The van der Waals surface area contributed by atoms with E-state index in [4.69, 9.17) is 25.8 Å². The van der Waals surface area contributed by atoms with Gasteiger partial charge in [-0.15, -0.1) is 0 Å². The lowest BCUT2D eigenvalue weighted by molar-refractivity contribution is -0.307. The van der Waals surface area contributed by atoms with Crippen molar-refractivity contribution < 1.29 is 28.5 Å². The molecule has 34 heavy (non-hydrogen) atoms. The molecule has 0 radical (unpaired) electrons. The van der Waals surface area contributed by atoms with Crippen molar-refractivity contribution in [1.29, 1.82) is 0 Å². The Kier molecular flexibility index (Phi) is 6.16. The van der Waals surface area contributed by atoms with Crippen molar-refractivity contribution in [3.8, 4) is 0 Å². The number of aliphatic hydroxyl groups excluding tert-OH is 1. The minimum absolute atomic E-state index is 0.0187. The molecular formula is C27H32ClFO5. The fraction of sp³-hybridized carbons (Fsp3) is 0.593. The number of halogens is 2. The Balaban J connectivity index is 1.37. The smallest absolute Gasteiger partial charge is 0.336 e. The number of fused-ring (bicyclic) bond motifs is 3. The lowest BCUT2D eigenvalue weighted by Gasteiger charge is -2.62. The van der Waals surface area contributed by atoms with Crippen LogP contribution in [0.4, 0.5) is 4.39 Å². The van der Waals surface area contributed by atoms with E-state index in [0.717, 1.165) is 31.2 Å². The van der Waals surface area contributed by atoms with E-state index >= 15 is 0 Å². The van der Waals surface area contributed by atoms with E-state index in [1.807, 2.05) is 6.08 Å². The van der Waals surface area contributed by atoms with Crippen LogP contribution < -0.4 is 0 Å². The van der Waals surface area contributed by atoms with Gasteiger partial charge in [0, 0.05) is 11.0 Å². The zero-order chi connectivity index (χ0) is 24.3. The molecule has 2 saturated heterocycles. The minimum Gasteiger partial charge on any atom is -0.459 e. The molecule has 0 amide bonds. The maximum atomic E-state index is 13.6. The molecule has 7 atom stereocenters. The van der Waals surface area contributed by atoms with Crippen molar-refractivity contribution in [1.82, 2.24) is 0 Å². The van der Waals surface area contributed by atoms with Gasteiger partial charge in [0.15, 0.2) is 6.29 Å². The van der Waals surface area contributed by atoms with Gasteiger partial charge in [-0.05, 0) is 61.5 Å². The quantitative estimate of drug-likeness (QED) is 0.343. The van der Waals surface area contributed by atoms with Gasteiger partial charge < -0.3 is 19.3 Å². The van der Waals surface area contributed by atoms with Crippen molar-refractivity contribution in [2.75, 3.05) is 13.2 Å². The highest BCUT2D eigenvalue weighted by Crippen LogP contribution is 2.63. The molecule has 2 aliphatic heterocycles. The summed E-state index contributed by atoms with van der Waals surface area (Å²) in [6.45, 7) is 9.57. The van der Waals surface area contributed by atoms with Crippen LogP contribution in [0.25, 0.3) is 0 Å². The molecule has 0 bridgehead atoms. The van der Waals surface area contributed by atoms with Gasteiger partial charge in [0.1, 0.15) is 18.5 Å². The molecule has 1 aromatic carbocycles. The van der Waals surface area contributed by atoms with Crippen molar-refractivity contribution >= 4 is 17.6 Å². The lowest BCUT2D eigenvalue weighted by Crippen LogP contribution is -2.60. The van der Waals surface area contributed by atoms with Crippen LogP contribution in [0.1, 0.15) is 57.8 Å². The largest absolute Gasteiger partial charge is 0.459 e. The van der Waals surface area contributed by atoms with Crippen LogP contribution in [0.15, 0.2) is 42.0 Å². The highest BCUT2D eigenvalue weighted by molar-refractivity contribution is 6.30. The number of rotatable bonds is 3. The summed E-state index contributed by atoms with van der Waals surface area (Å²) in [4.78, 5) is 12.0. The number of ether oxygens (including phenoxy) is 3. The van der Waals surface area contributed by atoms with E-state index in [-0.39, 0.29) is 34.5 Å². The van der Waals surface area contributed by atoms with Gasteiger partial charge in [-0.2, -0.15) is 0 Å². The topological polar surface area (TPSA) is 65.0 Å². The molecule has 1 N–H and O–H groups in total. The maximum absolute atomic E-state index is 13.6. The lowest BCUT2D eigenvalue weighted by atomic mass is 9.46. The zero-order valence-electron chi connectivity index (χ0n) is 19.7. The van der Waals surface area contributed by atoms with Crippen LogP contribution in [-0.4, -0.2) is 36.5 Å². The SMILES string of the molecule is C=C1CCC2C3(C)COC(c4ccc(F)c(Cl)c4)OC3CCC2(C)C1C/C=C1/C(=O)OCC1O. The minimum atomic E-state index is -0.849. The first-order valence-corrected chi connectivity index (χ1v) is 12.5. The fourth-order valence-corrected chi connectivity index (χ4v) is 7.22. The summed E-state index contributed by atoms with van der Waals surface area (Å²) in [6, 6.07) is 4.59. The van der Waals surface area contributed by atoms with E-state index in [2.05, 4.69) is 20.4 Å². The third-order valence-electron chi connectivity index (χ3n) is 8.91. The molecule has 4 fully saturated rings. The monoisotopic (exact) mass is 490 g/mol. The molecule has 7 heteroatoms. The Morgan fingerprint density at radius 2 is 2.09 bits per heavy atom. The second-order valence-corrected chi connectivity index (χ2v) is 11.2. The summed E-state index contributed by atoms with van der Waals surface area (Å²) in [7, 11) is 0. The first-order chi connectivity index (χ1) is 16.1. The Bertz CT molecular complexity index is 1040. The summed E-state index contributed by atoms with van der Waals surface area (Å²) in [6.07, 6.45) is 4.91. The molecule has 5 nitrogen and oxygen atoms in total. The summed E-state index contributed by atoms with van der Waals surface area (Å²) in [5.74, 6) is -0.328. The number of cyclic esters (lactones) is 1. The van der Waals surface area contributed by atoms with Gasteiger partial charge in [-0.1, -0.05) is 49.7 Å². The van der Waals surface area contributed by atoms with E-state index < -0.39 is 24.2 Å². The van der Waals surface area contributed by atoms with Gasteiger partial charge in [0.25, 0.3) is 0 Å². The molecule has 2 saturated carbocycles. The third-order valence-corrected chi connectivity index (χ3v) is 9.20. The number of aliphatic hydroxyl groups is 1. The number of carbonyl (C=O) groups excluding carboxylic acids is 1. The van der Waals surface area contributed by atoms with Crippen LogP contribution in [0.2, 0.25) is 5.02 Å². The highest BCUT2D eigenvalue weighted by Gasteiger charge is 2.60. The van der Waals surface area contributed by atoms with Gasteiger partial charge in [0.2, 0.25) is 0 Å². The van der Waals surface area contributed by atoms with Crippen molar-refractivity contribution in [3.05, 3.63) is 58.4 Å². The Hall–Kier alpha value is -1.73. The van der Waals surface area contributed by atoms with Crippen LogP contribution >= 0.6 is 11.6 Å². The van der Waals surface area contributed by atoms with Gasteiger partial charge in [-0.3, -0.25) is 0 Å². The zero-order valence-corrected chi connectivity index (χ0v) is 20.4. The molecule has 4 aliphatic rings. The Morgan fingerprint density at radius 1 is 1.29 bits per heavy atom. The molecule has 0 aromatic heterocycles. The predicted octanol–water partition coefficient (Wildman–Crippen LogP) is 5.52. The van der Waals surface area contributed by atoms with Gasteiger partial charge in [0.05, 0.1) is 23.3 Å². The van der Waals surface area contributed by atoms with Crippen LogP contribution in [0, 0.1) is 28.5 Å².